The molecule has 0 amide bonds. The third kappa shape index (κ3) is 2.22. The molecular weight excluding hydrogens is 344 g/mol. The Morgan fingerprint density at radius 2 is 1.08 bits per heavy atom. The number of carbonyl (C=O) groups is 1. The Labute approximate surface area is 156 Å². The van der Waals surface area contributed by atoms with Crippen LogP contribution in [0.1, 0.15) is 16.7 Å². The molecule has 1 fully saturated rings. The fraction of sp³-hybridized carbons (Fsp3) is 0.136. The summed E-state index contributed by atoms with van der Waals surface area (Å²) >= 11 is 3.20. The number of hydrogen-bond acceptors (Lipinski definition) is 3. The number of thioether (sulfide) groups is 2. The third-order valence-corrected chi connectivity index (χ3v) is 8.08. The first-order valence-electron chi connectivity index (χ1n) is 8.21. The van der Waals surface area contributed by atoms with Crippen molar-refractivity contribution in [2.24, 2.45) is 0 Å². The minimum Gasteiger partial charge on any atom is -0.286 e. The molecule has 25 heavy (non-hydrogen) atoms. The molecule has 3 heteroatoms. The van der Waals surface area contributed by atoms with Gasteiger partial charge in [-0.3, -0.25) is 4.79 Å². The monoisotopic (exact) mass is 362 g/mol. The average molecular weight is 363 g/mol. The maximum Gasteiger partial charge on any atom is 0.208 e. The zero-order chi connectivity index (χ0) is 17.3. The van der Waals surface area contributed by atoms with Crippen LogP contribution in [0, 0.1) is 0 Å². The molecule has 1 aliphatic heterocycles. The summed E-state index contributed by atoms with van der Waals surface area (Å²) in [5, 5.41) is 0.211. The van der Waals surface area contributed by atoms with Crippen molar-refractivity contribution in [3.63, 3.8) is 0 Å². The maximum atomic E-state index is 13.3. The first-order chi connectivity index (χ1) is 12.3. The van der Waals surface area contributed by atoms with Crippen molar-refractivity contribution in [1.29, 1.82) is 0 Å². The Balaban J connectivity index is 2.04. The van der Waals surface area contributed by atoms with Crippen LogP contribution in [0.4, 0.5) is 0 Å². The second kappa shape index (κ2) is 6.40. The van der Waals surface area contributed by atoms with Crippen molar-refractivity contribution in [1.82, 2.24) is 0 Å². The van der Waals surface area contributed by atoms with E-state index in [1.165, 1.54) is 17.3 Å². The van der Waals surface area contributed by atoms with Gasteiger partial charge in [0.05, 0.1) is 0 Å². The van der Waals surface area contributed by atoms with Crippen LogP contribution < -0.4 is 0 Å². The summed E-state index contributed by atoms with van der Waals surface area (Å²) < 4.78 is -0.367. The molecule has 3 aromatic carbocycles. The van der Waals surface area contributed by atoms with E-state index in [1.54, 1.807) is 11.8 Å². The van der Waals surface area contributed by atoms with E-state index in [2.05, 4.69) is 54.8 Å². The van der Waals surface area contributed by atoms with E-state index in [0.717, 1.165) is 11.1 Å². The molecule has 0 saturated carbocycles. The Bertz CT molecular complexity index is 838. The van der Waals surface area contributed by atoms with Crippen LogP contribution in [0.5, 0.6) is 0 Å². The van der Waals surface area contributed by atoms with E-state index >= 15 is 0 Å². The lowest BCUT2D eigenvalue weighted by Crippen LogP contribution is -2.59. The highest BCUT2D eigenvalue weighted by molar-refractivity contribution is 8.27. The van der Waals surface area contributed by atoms with Crippen LogP contribution in [-0.4, -0.2) is 11.4 Å². The zero-order valence-electron chi connectivity index (χ0n) is 13.9. The van der Waals surface area contributed by atoms with Gasteiger partial charge in [-0.1, -0.05) is 103 Å². The highest BCUT2D eigenvalue weighted by atomic mass is 32.2. The van der Waals surface area contributed by atoms with Crippen LogP contribution in [0.25, 0.3) is 0 Å². The van der Waals surface area contributed by atoms with Gasteiger partial charge in [-0.15, -0.1) is 11.8 Å². The van der Waals surface area contributed by atoms with Crippen LogP contribution in [-0.2, 0) is 14.3 Å². The first-order valence-corrected chi connectivity index (χ1v) is 10.2. The Morgan fingerprint density at radius 1 is 0.680 bits per heavy atom. The lowest BCUT2D eigenvalue weighted by molar-refractivity contribution is -0.117. The third-order valence-electron chi connectivity index (χ3n) is 4.89. The fourth-order valence-electron chi connectivity index (χ4n) is 3.78. The molecule has 0 spiro atoms. The Kier molecular flexibility index (Phi) is 4.22. The lowest BCUT2D eigenvalue weighted by Gasteiger charge is -2.56. The SMILES string of the molecule is CSC1(c2ccccc2)SC(=O)C1(c1ccccc1)c1ccccc1. The summed E-state index contributed by atoms with van der Waals surface area (Å²) in [6.07, 6.45) is 2.10. The van der Waals surface area contributed by atoms with Gasteiger partial charge in [-0.05, 0) is 22.9 Å². The van der Waals surface area contributed by atoms with Gasteiger partial charge < -0.3 is 0 Å². The average Bonchev–Trinajstić information content (AvgIpc) is 2.68. The molecule has 1 saturated heterocycles. The lowest BCUT2D eigenvalue weighted by atomic mass is 9.69. The van der Waals surface area contributed by atoms with Crippen molar-refractivity contribution in [3.05, 3.63) is 108 Å². The maximum absolute atomic E-state index is 13.3. The predicted octanol–water partition coefficient (Wildman–Crippen LogP) is 5.46. The summed E-state index contributed by atoms with van der Waals surface area (Å²) in [5.41, 5.74) is 2.62. The van der Waals surface area contributed by atoms with Gasteiger partial charge in [-0.2, -0.15) is 0 Å². The number of hydrogen-bond donors (Lipinski definition) is 0. The van der Waals surface area contributed by atoms with Crippen LogP contribution in [0.15, 0.2) is 91.0 Å². The van der Waals surface area contributed by atoms with Crippen molar-refractivity contribution >= 4 is 28.6 Å². The number of benzene rings is 3. The van der Waals surface area contributed by atoms with E-state index in [4.69, 9.17) is 0 Å². The molecule has 1 nitrogen and oxygen atoms in total. The normalized spacial score (nSPS) is 21.6. The second-order valence-corrected chi connectivity index (χ2v) is 8.52. The molecule has 0 aromatic heterocycles. The molecule has 0 radical (unpaired) electrons. The highest BCUT2D eigenvalue weighted by Crippen LogP contribution is 2.70. The Hall–Kier alpha value is -1.97. The largest absolute Gasteiger partial charge is 0.286 e. The molecule has 124 valence electrons. The minimum atomic E-state index is -0.680. The van der Waals surface area contributed by atoms with Gasteiger partial charge >= 0.3 is 0 Å². The molecule has 4 rings (SSSR count). The van der Waals surface area contributed by atoms with E-state index in [0.29, 0.717) is 0 Å². The van der Waals surface area contributed by atoms with E-state index in [1.807, 2.05) is 42.5 Å². The molecule has 3 aromatic rings. The minimum absolute atomic E-state index is 0.211. The van der Waals surface area contributed by atoms with Gasteiger partial charge in [0.15, 0.2) is 0 Å². The van der Waals surface area contributed by atoms with Gasteiger partial charge in [0.25, 0.3) is 0 Å². The van der Waals surface area contributed by atoms with E-state index in [9.17, 15) is 4.79 Å². The molecule has 0 N–H and O–H groups in total. The molecule has 0 aliphatic carbocycles. The molecule has 1 aliphatic rings. The molecule has 1 heterocycles. The van der Waals surface area contributed by atoms with Gasteiger partial charge in [-0.25, -0.2) is 0 Å². The van der Waals surface area contributed by atoms with Gasteiger partial charge in [0.2, 0.25) is 5.12 Å². The first kappa shape index (κ1) is 16.5. The summed E-state index contributed by atoms with van der Waals surface area (Å²) in [4.78, 5) is 13.3. The standard InChI is InChI=1S/C22H18OS2/c1-24-22(19-15-9-4-10-16-19)21(20(23)25-22,17-11-5-2-6-12-17)18-13-7-3-8-14-18/h2-16H,1H3. The fourth-order valence-corrected chi connectivity index (χ4v) is 6.79. The molecule has 1 atom stereocenters. The summed E-state index contributed by atoms with van der Waals surface area (Å²) in [6.45, 7) is 0. The van der Waals surface area contributed by atoms with E-state index < -0.39 is 5.41 Å². The predicted molar refractivity (Wildman–Crippen MR) is 108 cm³/mol. The van der Waals surface area contributed by atoms with Crippen LogP contribution in [0.3, 0.4) is 0 Å². The van der Waals surface area contributed by atoms with Crippen molar-refractivity contribution in [2.45, 2.75) is 9.49 Å². The summed E-state index contributed by atoms with van der Waals surface area (Å²) in [7, 11) is 0. The summed E-state index contributed by atoms with van der Waals surface area (Å²) in [5.74, 6) is 0. The molecular formula is C22H18OS2. The Morgan fingerprint density at radius 3 is 1.44 bits per heavy atom. The topological polar surface area (TPSA) is 17.1 Å². The van der Waals surface area contributed by atoms with Gasteiger partial charge in [0.1, 0.15) is 9.49 Å². The van der Waals surface area contributed by atoms with Crippen LogP contribution in [0.2, 0.25) is 0 Å². The zero-order valence-corrected chi connectivity index (χ0v) is 15.5. The van der Waals surface area contributed by atoms with Crippen molar-refractivity contribution in [2.75, 3.05) is 6.26 Å². The number of carbonyl (C=O) groups excluding carboxylic acids is 1. The van der Waals surface area contributed by atoms with Crippen molar-refractivity contribution in [3.8, 4) is 0 Å². The molecule has 0 bridgehead atoms. The number of rotatable bonds is 4. The smallest absolute Gasteiger partial charge is 0.208 e. The highest BCUT2D eigenvalue weighted by Gasteiger charge is 2.69. The second-order valence-electron chi connectivity index (χ2n) is 6.06. The van der Waals surface area contributed by atoms with Crippen molar-refractivity contribution < 1.29 is 4.79 Å². The summed E-state index contributed by atoms with van der Waals surface area (Å²) in [6, 6.07) is 30.8. The quantitative estimate of drug-likeness (QED) is 0.613. The van der Waals surface area contributed by atoms with Gasteiger partial charge in [0, 0.05) is 0 Å². The van der Waals surface area contributed by atoms with E-state index in [-0.39, 0.29) is 9.19 Å². The molecule has 1 unspecified atom stereocenters. The van der Waals surface area contributed by atoms with Crippen LogP contribution >= 0.6 is 23.5 Å².